The van der Waals surface area contributed by atoms with Gasteiger partial charge < -0.3 is 5.73 Å². The molecule has 0 saturated heterocycles. The minimum atomic E-state index is -0.812. The van der Waals surface area contributed by atoms with Crippen molar-refractivity contribution in [2.45, 2.75) is 0 Å². The quantitative estimate of drug-likeness (QED) is 0.546. The number of aldehydes is 2. The Hall–Kier alpha value is -2.41. The first-order chi connectivity index (χ1) is 7.19. The van der Waals surface area contributed by atoms with Crippen molar-refractivity contribution in [3.8, 4) is 11.8 Å². The molecule has 1 rings (SSSR count). The van der Waals surface area contributed by atoms with E-state index < -0.39 is 5.91 Å². The van der Waals surface area contributed by atoms with Crippen LogP contribution in [0.5, 0.6) is 0 Å². The summed E-state index contributed by atoms with van der Waals surface area (Å²) in [6.07, 6.45) is 1.13. The van der Waals surface area contributed by atoms with Gasteiger partial charge in [0.15, 0.2) is 12.6 Å². The van der Waals surface area contributed by atoms with Gasteiger partial charge in [0.25, 0.3) is 5.91 Å². The average Bonchev–Trinajstić information content (AvgIpc) is 2.25. The number of benzene rings is 1. The topological polar surface area (TPSA) is 77.2 Å². The number of hydrogen-bond acceptors (Lipinski definition) is 3. The van der Waals surface area contributed by atoms with E-state index in [9.17, 15) is 14.4 Å². The minimum absolute atomic E-state index is 0.223. The highest BCUT2D eigenvalue weighted by Gasteiger charge is 2.04. The predicted molar refractivity (Wildman–Crippen MR) is 53.3 cm³/mol. The maximum absolute atomic E-state index is 10.6. The van der Waals surface area contributed by atoms with Crippen LogP contribution in [0, 0.1) is 11.8 Å². The summed E-state index contributed by atoms with van der Waals surface area (Å²) in [6.45, 7) is 0. The highest BCUT2D eigenvalue weighted by Crippen LogP contribution is 2.09. The normalized spacial score (nSPS) is 8.53. The van der Waals surface area contributed by atoms with E-state index in [-0.39, 0.29) is 16.7 Å². The smallest absolute Gasteiger partial charge is 0.293 e. The van der Waals surface area contributed by atoms with E-state index in [1.165, 1.54) is 12.1 Å². The molecule has 1 aromatic rings. The first-order valence-corrected chi connectivity index (χ1v) is 4.04. The molecule has 4 heteroatoms. The van der Waals surface area contributed by atoms with Gasteiger partial charge in [-0.25, -0.2) is 0 Å². The second-order valence-corrected chi connectivity index (χ2v) is 2.66. The summed E-state index contributed by atoms with van der Waals surface area (Å²) in [5, 5.41) is 0. The monoisotopic (exact) mass is 201 g/mol. The third kappa shape index (κ3) is 2.51. The summed E-state index contributed by atoms with van der Waals surface area (Å²) < 4.78 is 0. The molecule has 2 N–H and O–H groups in total. The molecule has 0 unspecified atom stereocenters. The highest BCUT2D eigenvalue weighted by molar-refractivity contribution is 5.95. The maximum atomic E-state index is 10.6. The van der Waals surface area contributed by atoms with E-state index in [2.05, 4.69) is 11.8 Å². The lowest BCUT2D eigenvalue weighted by Crippen LogP contribution is -2.06. The molecule has 0 fully saturated rings. The Labute approximate surface area is 86.1 Å². The molecule has 15 heavy (non-hydrogen) atoms. The van der Waals surface area contributed by atoms with Crippen LogP contribution in [0.15, 0.2) is 18.2 Å². The Balaban J connectivity index is 3.36. The zero-order valence-electron chi connectivity index (χ0n) is 7.69. The third-order valence-corrected chi connectivity index (χ3v) is 1.69. The fraction of sp³-hybridized carbons (Fsp3) is 0. The first kappa shape index (κ1) is 10.7. The predicted octanol–water partition coefficient (Wildman–Crippen LogP) is 0.148. The lowest BCUT2D eigenvalue weighted by Gasteiger charge is -1.98. The number of hydrogen-bond donors (Lipinski definition) is 1. The van der Waals surface area contributed by atoms with Crippen LogP contribution < -0.4 is 5.73 Å². The van der Waals surface area contributed by atoms with Crippen molar-refractivity contribution in [2.24, 2.45) is 5.73 Å². The van der Waals surface area contributed by atoms with E-state index >= 15 is 0 Å². The van der Waals surface area contributed by atoms with Gasteiger partial charge in [-0.15, -0.1) is 0 Å². The summed E-state index contributed by atoms with van der Waals surface area (Å²) in [5.74, 6) is 3.67. The van der Waals surface area contributed by atoms with Gasteiger partial charge in [0.05, 0.1) is 0 Å². The average molecular weight is 201 g/mol. The molecule has 0 aromatic heterocycles. The number of carbonyl (C=O) groups is 3. The lowest BCUT2D eigenvalue weighted by molar-refractivity contribution is -0.112. The van der Waals surface area contributed by atoms with Gasteiger partial charge in [-0.2, -0.15) is 0 Å². The molecule has 0 bridgehead atoms. The Morgan fingerprint density at radius 3 is 2.13 bits per heavy atom. The molecule has 0 spiro atoms. The van der Waals surface area contributed by atoms with Crippen LogP contribution >= 0.6 is 0 Å². The van der Waals surface area contributed by atoms with Gasteiger partial charge in [-0.05, 0) is 0 Å². The molecule has 0 aliphatic carbocycles. The largest absolute Gasteiger partial charge is 0.359 e. The lowest BCUT2D eigenvalue weighted by atomic mass is 10.0. The Bertz CT molecular complexity index is 454. The van der Waals surface area contributed by atoms with E-state index in [1.807, 2.05) is 0 Å². The summed E-state index contributed by atoms with van der Waals surface area (Å²) >= 11 is 0. The molecule has 1 aromatic carbocycles. The van der Waals surface area contributed by atoms with Crippen molar-refractivity contribution in [3.63, 3.8) is 0 Å². The van der Waals surface area contributed by atoms with Gasteiger partial charge in [0.2, 0.25) is 0 Å². The summed E-state index contributed by atoms with van der Waals surface area (Å²) in [7, 11) is 0. The van der Waals surface area contributed by atoms with Crippen molar-refractivity contribution >= 4 is 18.5 Å². The van der Waals surface area contributed by atoms with E-state index in [1.54, 1.807) is 6.07 Å². The van der Waals surface area contributed by atoms with Crippen LogP contribution in [0.25, 0.3) is 0 Å². The molecule has 1 amide bonds. The molecular formula is C11H7NO3. The van der Waals surface area contributed by atoms with Crippen molar-refractivity contribution in [2.75, 3.05) is 0 Å². The second-order valence-electron chi connectivity index (χ2n) is 2.66. The fourth-order valence-electron chi connectivity index (χ4n) is 1.05. The molecule has 0 saturated carbocycles. The molecule has 0 aliphatic heterocycles. The van der Waals surface area contributed by atoms with Gasteiger partial charge >= 0.3 is 0 Å². The molecule has 0 aliphatic rings. The zero-order chi connectivity index (χ0) is 11.3. The van der Waals surface area contributed by atoms with Gasteiger partial charge in [-0.1, -0.05) is 24.1 Å². The Morgan fingerprint density at radius 1 is 1.20 bits per heavy atom. The van der Waals surface area contributed by atoms with Crippen molar-refractivity contribution in [1.29, 1.82) is 0 Å². The number of nitrogens with two attached hydrogens (primary N) is 1. The van der Waals surface area contributed by atoms with E-state index in [0.29, 0.717) is 12.6 Å². The van der Waals surface area contributed by atoms with Crippen molar-refractivity contribution in [1.82, 2.24) is 0 Å². The first-order valence-electron chi connectivity index (χ1n) is 4.04. The minimum Gasteiger partial charge on any atom is -0.359 e. The van der Waals surface area contributed by atoms with Gasteiger partial charge in [0.1, 0.15) is 0 Å². The molecule has 4 nitrogen and oxygen atoms in total. The summed E-state index contributed by atoms with van der Waals surface area (Å²) in [5.41, 5.74) is 5.57. The Kier molecular flexibility index (Phi) is 3.36. The van der Waals surface area contributed by atoms with Crippen LogP contribution in [-0.2, 0) is 4.79 Å². The van der Waals surface area contributed by atoms with Gasteiger partial charge in [-0.3, -0.25) is 14.4 Å². The zero-order valence-corrected chi connectivity index (χ0v) is 7.69. The second kappa shape index (κ2) is 4.72. The maximum Gasteiger partial charge on any atom is 0.293 e. The number of rotatable bonds is 2. The fourth-order valence-corrected chi connectivity index (χ4v) is 1.05. The van der Waals surface area contributed by atoms with Crippen LogP contribution in [0.4, 0.5) is 0 Å². The van der Waals surface area contributed by atoms with E-state index in [4.69, 9.17) is 5.73 Å². The Morgan fingerprint density at radius 2 is 1.73 bits per heavy atom. The number of primary amides is 1. The highest BCUT2D eigenvalue weighted by atomic mass is 16.1. The molecule has 74 valence electrons. The molecular weight excluding hydrogens is 194 g/mol. The van der Waals surface area contributed by atoms with Crippen molar-refractivity contribution < 1.29 is 14.4 Å². The summed E-state index contributed by atoms with van der Waals surface area (Å²) in [6, 6.07) is 4.57. The van der Waals surface area contributed by atoms with Crippen molar-refractivity contribution in [3.05, 3.63) is 34.9 Å². The molecule has 0 atom stereocenters. The third-order valence-electron chi connectivity index (χ3n) is 1.69. The molecule has 0 heterocycles. The van der Waals surface area contributed by atoms with E-state index in [0.717, 1.165) is 0 Å². The van der Waals surface area contributed by atoms with Crippen LogP contribution in [0.1, 0.15) is 26.3 Å². The van der Waals surface area contributed by atoms with Gasteiger partial charge in [0, 0.05) is 22.6 Å². The standard InChI is InChI=1S/C11H7NO3/c12-11(15)5-4-10-8(6-13)2-1-3-9(10)7-14/h1-3,6-7H,(H2,12,15). The number of amides is 1. The van der Waals surface area contributed by atoms with Crippen LogP contribution in [-0.4, -0.2) is 18.5 Å². The van der Waals surface area contributed by atoms with Crippen LogP contribution in [0.3, 0.4) is 0 Å². The summed E-state index contributed by atoms with van der Waals surface area (Å²) in [4.78, 5) is 31.7. The number of carbonyl (C=O) groups excluding carboxylic acids is 3. The molecule has 0 radical (unpaired) electrons. The van der Waals surface area contributed by atoms with Crippen LogP contribution in [0.2, 0.25) is 0 Å². The SMILES string of the molecule is NC(=O)C#Cc1c(C=O)cccc1C=O.